The average molecular weight is 590 g/mol. The molecule has 0 spiro atoms. The van der Waals surface area contributed by atoms with Crippen LogP contribution in [0.5, 0.6) is 0 Å². The maximum atomic E-state index is 12.8. The van der Waals surface area contributed by atoms with Crippen molar-refractivity contribution in [1.82, 2.24) is 19.8 Å². The number of carbonyl (C=O) groups is 2. The Morgan fingerprint density at radius 2 is 1.74 bits per heavy atom. The molecule has 0 bridgehead atoms. The number of hydrogen-bond donors (Lipinski definition) is 0. The topological polar surface area (TPSA) is 103 Å². The van der Waals surface area contributed by atoms with E-state index >= 15 is 0 Å². The van der Waals surface area contributed by atoms with Gasteiger partial charge in [-0.05, 0) is 75.2 Å². The van der Waals surface area contributed by atoms with Crippen molar-refractivity contribution in [2.75, 3.05) is 13.6 Å². The van der Waals surface area contributed by atoms with Gasteiger partial charge in [-0.2, -0.15) is 5.26 Å². The van der Waals surface area contributed by atoms with Crippen molar-refractivity contribution in [2.45, 2.75) is 46.8 Å². The number of fused-ring (bicyclic) bond motifs is 2. The number of rotatable bonds is 7. The lowest BCUT2D eigenvalue weighted by Crippen LogP contribution is -2.38. The van der Waals surface area contributed by atoms with E-state index in [1.54, 1.807) is 17.4 Å². The van der Waals surface area contributed by atoms with Crippen molar-refractivity contribution in [1.29, 1.82) is 5.26 Å². The zero-order valence-corrected chi connectivity index (χ0v) is 25.6. The van der Waals surface area contributed by atoms with E-state index in [0.717, 1.165) is 49.0 Å². The number of likely N-dealkylation sites (N-methyl/N-ethyl adjacent to an activating group) is 1. The van der Waals surface area contributed by atoms with Gasteiger partial charge in [0.25, 0.3) is 0 Å². The summed E-state index contributed by atoms with van der Waals surface area (Å²) >= 11 is 1.66. The molecule has 1 aliphatic rings. The Kier molecular flexibility index (Phi) is 7.42. The summed E-state index contributed by atoms with van der Waals surface area (Å²) in [5.74, 6) is 0.529. The van der Waals surface area contributed by atoms with Crippen LogP contribution in [-0.2, 0) is 17.9 Å². The minimum absolute atomic E-state index is 0.128. The van der Waals surface area contributed by atoms with E-state index in [2.05, 4.69) is 54.9 Å². The number of oxazole rings is 1. The first kappa shape index (κ1) is 28.5. The molecule has 0 saturated heterocycles. The van der Waals surface area contributed by atoms with Crippen LogP contribution in [0.4, 0.5) is 0 Å². The van der Waals surface area contributed by atoms with Crippen LogP contribution in [0.15, 0.2) is 52.9 Å². The summed E-state index contributed by atoms with van der Waals surface area (Å²) in [6, 6.07) is 17.8. The predicted octanol–water partition coefficient (Wildman–Crippen LogP) is 6.77. The lowest BCUT2D eigenvalue weighted by atomic mass is 9.91. The highest BCUT2D eigenvalue weighted by Gasteiger charge is 2.29. The van der Waals surface area contributed by atoms with Gasteiger partial charge in [0.1, 0.15) is 22.9 Å². The first-order valence-electron chi connectivity index (χ1n) is 14.1. The van der Waals surface area contributed by atoms with E-state index in [0.29, 0.717) is 54.5 Å². The summed E-state index contributed by atoms with van der Waals surface area (Å²) in [6.07, 6.45) is 0.704. The molecule has 0 unspecified atom stereocenters. The molecular formula is C34H31N5O3S. The Morgan fingerprint density at radius 1 is 1.07 bits per heavy atom. The van der Waals surface area contributed by atoms with Gasteiger partial charge in [0, 0.05) is 27.6 Å². The van der Waals surface area contributed by atoms with Crippen LogP contribution in [0.25, 0.3) is 44.3 Å². The first-order chi connectivity index (χ1) is 20.7. The number of thiazole rings is 1. The minimum atomic E-state index is 0.128. The predicted molar refractivity (Wildman–Crippen MR) is 168 cm³/mol. The van der Waals surface area contributed by atoms with Crippen LogP contribution < -0.4 is 0 Å². The number of benzene rings is 3. The fourth-order valence-corrected chi connectivity index (χ4v) is 6.64. The Labute approximate surface area is 254 Å². The Morgan fingerprint density at radius 3 is 2.40 bits per heavy atom. The number of amides is 1. The smallest absolute Gasteiger partial charge is 0.237 e. The van der Waals surface area contributed by atoms with E-state index in [1.165, 1.54) is 6.07 Å². The van der Waals surface area contributed by atoms with Crippen LogP contribution in [-0.4, -0.2) is 51.6 Å². The summed E-state index contributed by atoms with van der Waals surface area (Å²) in [4.78, 5) is 38.9. The Bertz CT molecular complexity index is 1920. The highest BCUT2D eigenvalue weighted by Crippen LogP contribution is 2.40. The number of aldehydes is 1. The Balaban J connectivity index is 1.31. The van der Waals surface area contributed by atoms with Crippen LogP contribution >= 0.6 is 11.3 Å². The molecule has 43 heavy (non-hydrogen) atoms. The summed E-state index contributed by atoms with van der Waals surface area (Å²) in [7, 11) is 1.97. The van der Waals surface area contributed by atoms with E-state index in [4.69, 9.17) is 9.40 Å². The van der Waals surface area contributed by atoms with Crippen molar-refractivity contribution in [3.63, 3.8) is 0 Å². The molecule has 216 valence electrons. The van der Waals surface area contributed by atoms with Gasteiger partial charge in [-0.3, -0.25) is 14.5 Å². The number of aromatic nitrogens is 2. The SMILES string of the molecule is Cc1c(-c2nc3cc(C=O)cc(C#N)c3o2)cccc1-c1cccc(-c2nc3c(s2)CN(C(=O)CN(C)C(C)C)C3)c1C. The van der Waals surface area contributed by atoms with Gasteiger partial charge in [0.2, 0.25) is 11.8 Å². The molecule has 0 radical (unpaired) electrons. The van der Waals surface area contributed by atoms with Crippen molar-refractivity contribution in [2.24, 2.45) is 0 Å². The van der Waals surface area contributed by atoms with Crippen LogP contribution in [0.1, 0.15) is 51.5 Å². The summed E-state index contributed by atoms with van der Waals surface area (Å²) < 4.78 is 6.07. The van der Waals surface area contributed by atoms with E-state index < -0.39 is 0 Å². The zero-order valence-electron chi connectivity index (χ0n) is 24.8. The van der Waals surface area contributed by atoms with E-state index in [-0.39, 0.29) is 11.5 Å². The molecule has 0 saturated carbocycles. The molecule has 0 fully saturated rings. The summed E-state index contributed by atoms with van der Waals surface area (Å²) in [6.45, 7) is 9.87. The van der Waals surface area contributed by atoms with E-state index in [1.807, 2.05) is 37.1 Å². The van der Waals surface area contributed by atoms with Crippen molar-refractivity contribution < 1.29 is 14.0 Å². The van der Waals surface area contributed by atoms with Gasteiger partial charge in [-0.15, -0.1) is 11.3 Å². The molecule has 1 aliphatic heterocycles. The second-order valence-corrected chi connectivity index (χ2v) is 12.4. The number of nitrogens with zero attached hydrogens (tertiary/aromatic N) is 5. The highest BCUT2D eigenvalue weighted by molar-refractivity contribution is 7.15. The number of hydrogen-bond acceptors (Lipinski definition) is 8. The molecule has 0 N–H and O–H groups in total. The van der Waals surface area contributed by atoms with Crippen LogP contribution in [0, 0.1) is 25.2 Å². The van der Waals surface area contributed by atoms with Crippen LogP contribution in [0.3, 0.4) is 0 Å². The fourth-order valence-electron chi connectivity index (χ4n) is 5.47. The molecular weight excluding hydrogens is 558 g/mol. The average Bonchev–Trinajstić information content (AvgIpc) is 3.70. The van der Waals surface area contributed by atoms with Gasteiger partial charge in [0.15, 0.2) is 5.58 Å². The lowest BCUT2D eigenvalue weighted by molar-refractivity contribution is -0.133. The molecule has 3 heterocycles. The molecule has 0 aliphatic carbocycles. The minimum Gasteiger partial charge on any atom is -0.435 e. The maximum Gasteiger partial charge on any atom is 0.237 e. The largest absolute Gasteiger partial charge is 0.435 e. The standard InChI is InChI=1S/C34H31N5O3S/c1-19(2)38(5)17-31(41)39-15-29-30(16-39)43-34(37-29)27-11-7-9-25(21(27)4)24-8-6-10-26(20(24)3)33-36-28-13-22(18-40)12-23(14-35)32(28)42-33/h6-13,18-19H,15-17H2,1-5H3. The molecule has 5 aromatic rings. The van der Waals surface area contributed by atoms with Crippen molar-refractivity contribution >= 4 is 34.6 Å². The maximum absolute atomic E-state index is 12.8. The van der Waals surface area contributed by atoms with Crippen molar-refractivity contribution in [3.8, 4) is 39.2 Å². The second kappa shape index (κ2) is 11.2. The Hall–Kier alpha value is -4.65. The lowest BCUT2D eigenvalue weighted by Gasteiger charge is -2.23. The second-order valence-electron chi connectivity index (χ2n) is 11.3. The normalized spacial score (nSPS) is 12.7. The third-order valence-electron chi connectivity index (χ3n) is 8.26. The summed E-state index contributed by atoms with van der Waals surface area (Å²) in [5, 5.41) is 10.5. The molecule has 9 heteroatoms. The van der Waals surface area contributed by atoms with Crippen LogP contribution in [0.2, 0.25) is 0 Å². The molecule has 3 aromatic carbocycles. The molecule has 8 nitrogen and oxygen atoms in total. The van der Waals surface area contributed by atoms with Gasteiger partial charge in [-0.1, -0.05) is 30.3 Å². The highest BCUT2D eigenvalue weighted by atomic mass is 32.1. The van der Waals surface area contributed by atoms with Gasteiger partial charge >= 0.3 is 0 Å². The number of nitriles is 1. The summed E-state index contributed by atoms with van der Waals surface area (Å²) in [5.41, 5.74) is 8.60. The monoisotopic (exact) mass is 589 g/mol. The van der Waals surface area contributed by atoms with Gasteiger partial charge < -0.3 is 9.32 Å². The van der Waals surface area contributed by atoms with E-state index in [9.17, 15) is 14.9 Å². The third-order valence-corrected chi connectivity index (χ3v) is 9.38. The first-order valence-corrected chi connectivity index (χ1v) is 15.0. The quantitative estimate of drug-likeness (QED) is 0.193. The van der Waals surface area contributed by atoms with Gasteiger partial charge in [-0.25, -0.2) is 9.97 Å². The third kappa shape index (κ3) is 5.13. The zero-order chi connectivity index (χ0) is 30.4. The fraction of sp³-hybridized carbons (Fsp3) is 0.265. The number of carbonyl (C=O) groups excluding carboxylic acids is 2. The van der Waals surface area contributed by atoms with Gasteiger partial charge in [0.05, 0.1) is 30.9 Å². The van der Waals surface area contributed by atoms with Crippen molar-refractivity contribution in [3.05, 3.63) is 81.4 Å². The molecule has 0 atom stereocenters. The molecule has 1 amide bonds. The molecule has 2 aromatic heterocycles. The molecule has 6 rings (SSSR count).